The molecule has 0 aliphatic heterocycles. The van der Waals surface area contributed by atoms with Crippen LogP contribution in [0.3, 0.4) is 0 Å². The Labute approximate surface area is 105 Å². The quantitative estimate of drug-likeness (QED) is 0.824. The normalized spacial score (nSPS) is 14.4. The molecule has 0 aliphatic rings. The van der Waals surface area contributed by atoms with E-state index in [1.165, 1.54) is 11.3 Å². The maximum Gasteiger partial charge on any atom is 0.0465 e. The van der Waals surface area contributed by atoms with Gasteiger partial charge in [-0.25, -0.2) is 0 Å². The van der Waals surface area contributed by atoms with Crippen LogP contribution < -0.4 is 10.6 Å². The van der Waals surface area contributed by atoms with Gasteiger partial charge in [-0.05, 0) is 30.0 Å². The van der Waals surface area contributed by atoms with E-state index < -0.39 is 0 Å². The van der Waals surface area contributed by atoms with Gasteiger partial charge in [-0.2, -0.15) is 0 Å². The smallest absolute Gasteiger partial charge is 0.0465 e. The van der Waals surface area contributed by atoms with Crippen LogP contribution in [0.25, 0.3) is 0 Å². The molecule has 0 spiro atoms. The van der Waals surface area contributed by atoms with Gasteiger partial charge in [0, 0.05) is 39.5 Å². The molecule has 1 aromatic carbocycles. The van der Waals surface area contributed by atoms with Crippen molar-refractivity contribution in [3.8, 4) is 0 Å². The number of hydrogen-bond donors (Lipinski definition) is 1. The minimum Gasteiger partial charge on any atom is -0.385 e. The van der Waals surface area contributed by atoms with Crippen LogP contribution in [0.1, 0.15) is 24.9 Å². The van der Waals surface area contributed by atoms with Crippen LogP contribution in [-0.2, 0) is 4.74 Å². The minimum atomic E-state index is 0.0846. The van der Waals surface area contributed by atoms with Crippen molar-refractivity contribution < 1.29 is 4.74 Å². The molecule has 0 fully saturated rings. The highest BCUT2D eigenvalue weighted by atomic mass is 16.5. The fourth-order valence-corrected chi connectivity index (χ4v) is 1.81. The lowest BCUT2D eigenvalue weighted by Crippen LogP contribution is -2.20. The summed E-state index contributed by atoms with van der Waals surface area (Å²) in [6, 6.07) is 8.53. The molecule has 0 heterocycles. The van der Waals surface area contributed by atoms with Crippen LogP contribution in [0.15, 0.2) is 24.3 Å². The summed E-state index contributed by atoms with van der Waals surface area (Å²) in [6.45, 7) is 2.94. The molecule has 0 bridgehead atoms. The Morgan fingerprint density at radius 3 is 2.29 bits per heavy atom. The van der Waals surface area contributed by atoms with Crippen molar-refractivity contribution in [2.24, 2.45) is 11.7 Å². The average molecular weight is 236 g/mol. The lowest BCUT2D eigenvalue weighted by molar-refractivity contribution is 0.174. The number of ether oxygens (including phenoxy) is 1. The monoisotopic (exact) mass is 236 g/mol. The lowest BCUT2D eigenvalue weighted by atomic mass is 9.93. The van der Waals surface area contributed by atoms with E-state index in [1.807, 2.05) is 14.1 Å². The Morgan fingerprint density at radius 1 is 1.24 bits per heavy atom. The van der Waals surface area contributed by atoms with E-state index in [4.69, 9.17) is 10.5 Å². The summed E-state index contributed by atoms with van der Waals surface area (Å²) >= 11 is 0. The van der Waals surface area contributed by atoms with Crippen LogP contribution in [0.4, 0.5) is 5.69 Å². The molecule has 17 heavy (non-hydrogen) atoms. The molecule has 0 saturated carbocycles. The highest BCUT2D eigenvalue weighted by Gasteiger charge is 2.14. The molecule has 3 heteroatoms. The SMILES string of the molecule is COCCC(C)C(N)c1ccc(N(C)C)cc1. The van der Waals surface area contributed by atoms with E-state index in [0.717, 1.165) is 13.0 Å². The topological polar surface area (TPSA) is 38.5 Å². The number of rotatable bonds is 6. The van der Waals surface area contributed by atoms with Gasteiger partial charge in [-0.15, -0.1) is 0 Å². The van der Waals surface area contributed by atoms with Crippen molar-refractivity contribution in [1.82, 2.24) is 0 Å². The second kappa shape index (κ2) is 6.62. The molecule has 2 atom stereocenters. The van der Waals surface area contributed by atoms with E-state index in [1.54, 1.807) is 7.11 Å². The summed E-state index contributed by atoms with van der Waals surface area (Å²) in [4.78, 5) is 2.09. The second-order valence-electron chi connectivity index (χ2n) is 4.77. The second-order valence-corrected chi connectivity index (χ2v) is 4.77. The van der Waals surface area contributed by atoms with Gasteiger partial charge in [0.2, 0.25) is 0 Å². The third-order valence-corrected chi connectivity index (χ3v) is 3.18. The molecule has 0 amide bonds. The van der Waals surface area contributed by atoms with Crippen LogP contribution >= 0.6 is 0 Å². The van der Waals surface area contributed by atoms with Crippen LogP contribution in [0, 0.1) is 5.92 Å². The first-order valence-electron chi connectivity index (χ1n) is 6.08. The number of anilines is 1. The molecule has 1 aromatic rings. The van der Waals surface area contributed by atoms with Gasteiger partial charge in [0.1, 0.15) is 0 Å². The zero-order valence-corrected chi connectivity index (χ0v) is 11.3. The Bertz CT molecular complexity index is 321. The summed E-state index contributed by atoms with van der Waals surface area (Å²) in [5.74, 6) is 0.431. The predicted octanol–water partition coefficient (Wildman–Crippen LogP) is 2.43. The van der Waals surface area contributed by atoms with Crippen molar-refractivity contribution in [3.63, 3.8) is 0 Å². The Hall–Kier alpha value is -1.06. The average Bonchev–Trinajstić information content (AvgIpc) is 2.35. The number of methoxy groups -OCH3 is 1. The third-order valence-electron chi connectivity index (χ3n) is 3.18. The maximum atomic E-state index is 6.24. The molecule has 2 unspecified atom stereocenters. The van der Waals surface area contributed by atoms with Crippen molar-refractivity contribution in [2.75, 3.05) is 32.7 Å². The number of nitrogens with zero attached hydrogens (tertiary/aromatic N) is 1. The summed E-state index contributed by atoms with van der Waals surface area (Å²) < 4.78 is 5.09. The Morgan fingerprint density at radius 2 is 1.82 bits per heavy atom. The van der Waals surface area contributed by atoms with E-state index in [9.17, 15) is 0 Å². The zero-order chi connectivity index (χ0) is 12.8. The van der Waals surface area contributed by atoms with Crippen LogP contribution in [0.5, 0.6) is 0 Å². The maximum absolute atomic E-state index is 6.24. The number of hydrogen-bond acceptors (Lipinski definition) is 3. The van der Waals surface area contributed by atoms with Gasteiger partial charge < -0.3 is 15.4 Å². The van der Waals surface area contributed by atoms with Gasteiger partial charge in [-0.1, -0.05) is 19.1 Å². The Kier molecular flexibility index (Phi) is 5.45. The first kappa shape index (κ1) is 14.0. The summed E-state index contributed by atoms with van der Waals surface area (Å²) in [5.41, 5.74) is 8.63. The molecule has 0 radical (unpaired) electrons. The predicted molar refractivity (Wildman–Crippen MR) is 73.4 cm³/mol. The van der Waals surface area contributed by atoms with Crippen molar-refractivity contribution >= 4 is 5.69 Å². The lowest BCUT2D eigenvalue weighted by Gasteiger charge is -2.21. The summed E-state index contributed by atoms with van der Waals surface area (Å²) in [6.07, 6.45) is 0.993. The molecular weight excluding hydrogens is 212 g/mol. The minimum absolute atomic E-state index is 0.0846. The van der Waals surface area contributed by atoms with E-state index in [2.05, 4.69) is 36.1 Å². The van der Waals surface area contributed by atoms with E-state index in [0.29, 0.717) is 5.92 Å². The van der Waals surface area contributed by atoms with E-state index >= 15 is 0 Å². The van der Waals surface area contributed by atoms with Gasteiger partial charge in [0.05, 0.1) is 0 Å². The van der Waals surface area contributed by atoms with Gasteiger partial charge in [0.15, 0.2) is 0 Å². The standard InChI is InChI=1S/C14H24N2O/c1-11(9-10-17-4)14(15)12-5-7-13(8-6-12)16(2)3/h5-8,11,14H,9-10,15H2,1-4H3. The molecule has 0 aliphatic carbocycles. The first-order valence-corrected chi connectivity index (χ1v) is 6.08. The van der Waals surface area contributed by atoms with Gasteiger partial charge in [-0.3, -0.25) is 0 Å². The van der Waals surface area contributed by atoms with Crippen LogP contribution in [0.2, 0.25) is 0 Å². The van der Waals surface area contributed by atoms with Crippen molar-refractivity contribution in [3.05, 3.63) is 29.8 Å². The van der Waals surface area contributed by atoms with E-state index in [-0.39, 0.29) is 6.04 Å². The highest BCUT2D eigenvalue weighted by molar-refractivity contribution is 5.46. The molecule has 96 valence electrons. The van der Waals surface area contributed by atoms with Crippen LogP contribution in [-0.4, -0.2) is 27.8 Å². The number of benzene rings is 1. The largest absolute Gasteiger partial charge is 0.385 e. The first-order chi connectivity index (χ1) is 8.06. The molecule has 0 aromatic heterocycles. The summed E-state index contributed by atoms with van der Waals surface area (Å²) in [5, 5.41) is 0. The molecule has 1 rings (SSSR count). The molecule has 0 saturated heterocycles. The Balaban J connectivity index is 2.65. The van der Waals surface area contributed by atoms with Crippen molar-refractivity contribution in [1.29, 1.82) is 0 Å². The number of nitrogens with two attached hydrogens (primary N) is 1. The third kappa shape index (κ3) is 4.02. The van der Waals surface area contributed by atoms with Crippen molar-refractivity contribution in [2.45, 2.75) is 19.4 Å². The van der Waals surface area contributed by atoms with Gasteiger partial charge >= 0.3 is 0 Å². The van der Waals surface area contributed by atoms with Gasteiger partial charge in [0.25, 0.3) is 0 Å². The summed E-state index contributed by atoms with van der Waals surface area (Å²) in [7, 11) is 5.80. The fourth-order valence-electron chi connectivity index (χ4n) is 1.81. The fraction of sp³-hybridized carbons (Fsp3) is 0.571. The molecular formula is C14H24N2O. The highest BCUT2D eigenvalue weighted by Crippen LogP contribution is 2.23. The zero-order valence-electron chi connectivity index (χ0n) is 11.3. The molecule has 3 nitrogen and oxygen atoms in total. The molecule has 2 N–H and O–H groups in total.